The number of esters is 2. The lowest BCUT2D eigenvalue weighted by Gasteiger charge is -2.07. The molecule has 1 heterocycles. The summed E-state index contributed by atoms with van der Waals surface area (Å²) in [4.78, 5) is 35.3. The van der Waals surface area contributed by atoms with Crippen LogP contribution in [0, 0.1) is 20.8 Å². The second-order valence-electron chi connectivity index (χ2n) is 5.86. The summed E-state index contributed by atoms with van der Waals surface area (Å²) in [5.74, 6) is -1.18. The number of carbonyl (C=O) groups excluding carboxylic acids is 3. The predicted octanol–water partition coefficient (Wildman–Crippen LogP) is 2.46. The minimum absolute atomic E-state index is 0.0709. The summed E-state index contributed by atoms with van der Waals surface area (Å²) in [7, 11) is 1.25. The van der Waals surface area contributed by atoms with Crippen LogP contribution in [0.4, 0.5) is 0 Å². The van der Waals surface area contributed by atoms with E-state index in [0.717, 1.165) is 11.1 Å². The van der Waals surface area contributed by atoms with Gasteiger partial charge in [-0.3, -0.25) is 9.59 Å². The molecule has 0 aliphatic carbocycles. The van der Waals surface area contributed by atoms with E-state index in [2.05, 4.69) is 10.1 Å². The molecule has 0 spiro atoms. The molecular weight excluding hydrogens is 338 g/mol. The van der Waals surface area contributed by atoms with Crippen molar-refractivity contribution in [2.45, 2.75) is 27.4 Å². The van der Waals surface area contributed by atoms with E-state index in [0.29, 0.717) is 16.9 Å². The van der Waals surface area contributed by atoms with Gasteiger partial charge >= 0.3 is 11.9 Å². The fourth-order valence-electron chi connectivity index (χ4n) is 2.25. The topological polar surface area (TPSA) is 94.8 Å². The van der Waals surface area contributed by atoms with Gasteiger partial charge in [-0.05, 0) is 50.1 Å². The Bertz CT molecular complexity index is 837. The fraction of sp³-hybridized carbons (Fsp3) is 0.316. The number of amides is 1. The summed E-state index contributed by atoms with van der Waals surface area (Å²) in [6, 6.07) is 6.90. The van der Waals surface area contributed by atoms with Gasteiger partial charge in [0.2, 0.25) is 5.76 Å². The number of hydrogen-bond acceptors (Lipinski definition) is 6. The van der Waals surface area contributed by atoms with Crippen molar-refractivity contribution in [1.29, 1.82) is 0 Å². The maximum absolute atomic E-state index is 12.1. The van der Waals surface area contributed by atoms with Gasteiger partial charge in [-0.1, -0.05) is 6.07 Å². The predicted molar refractivity (Wildman–Crippen MR) is 92.8 cm³/mol. The Balaban J connectivity index is 1.84. The highest BCUT2D eigenvalue weighted by molar-refractivity contribution is 5.96. The van der Waals surface area contributed by atoms with Crippen molar-refractivity contribution in [3.8, 4) is 0 Å². The summed E-state index contributed by atoms with van der Waals surface area (Å²) >= 11 is 0. The number of rotatable bonds is 6. The Morgan fingerprint density at radius 1 is 1.04 bits per heavy atom. The van der Waals surface area contributed by atoms with Crippen LogP contribution in [-0.4, -0.2) is 31.5 Å². The highest BCUT2D eigenvalue weighted by atomic mass is 16.6. The van der Waals surface area contributed by atoms with Crippen LogP contribution in [0.25, 0.3) is 0 Å². The van der Waals surface area contributed by atoms with Gasteiger partial charge in [0.1, 0.15) is 18.9 Å². The number of ether oxygens (including phenoxy) is 2. The highest BCUT2D eigenvalue weighted by Gasteiger charge is 2.17. The molecule has 0 saturated carbocycles. The molecule has 0 radical (unpaired) electrons. The first-order chi connectivity index (χ1) is 12.3. The fourth-order valence-corrected chi connectivity index (χ4v) is 2.25. The van der Waals surface area contributed by atoms with Gasteiger partial charge in [0.25, 0.3) is 5.91 Å². The summed E-state index contributed by atoms with van der Waals surface area (Å²) in [6.07, 6.45) is 0. The zero-order valence-corrected chi connectivity index (χ0v) is 15.2. The number of hydrogen-bond donors (Lipinski definition) is 1. The van der Waals surface area contributed by atoms with Gasteiger partial charge in [-0.25, -0.2) is 4.79 Å². The van der Waals surface area contributed by atoms with E-state index in [9.17, 15) is 14.4 Å². The number of carbonyl (C=O) groups is 3. The molecular formula is C19H21NO6. The van der Waals surface area contributed by atoms with Gasteiger partial charge in [0.15, 0.2) is 0 Å². The maximum atomic E-state index is 12.1. The summed E-state index contributed by atoms with van der Waals surface area (Å²) in [6.45, 7) is 5.14. The minimum atomic E-state index is -0.615. The molecule has 2 aromatic rings. The Kier molecular flexibility index (Phi) is 6.16. The molecule has 1 amide bonds. The van der Waals surface area contributed by atoms with Crippen LogP contribution in [0.15, 0.2) is 28.7 Å². The van der Waals surface area contributed by atoms with Gasteiger partial charge in [0, 0.05) is 11.1 Å². The van der Waals surface area contributed by atoms with E-state index >= 15 is 0 Å². The van der Waals surface area contributed by atoms with Crippen molar-refractivity contribution in [3.63, 3.8) is 0 Å². The van der Waals surface area contributed by atoms with Crippen molar-refractivity contribution in [3.05, 3.63) is 58.0 Å². The van der Waals surface area contributed by atoms with Gasteiger partial charge in [-0.2, -0.15) is 0 Å². The number of benzene rings is 1. The molecule has 0 unspecified atom stereocenters. The van der Waals surface area contributed by atoms with E-state index in [-0.39, 0.29) is 24.8 Å². The Labute approximate surface area is 151 Å². The summed E-state index contributed by atoms with van der Waals surface area (Å²) in [5.41, 5.74) is 3.15. The number of aryl methyl sites for hydroxylation is 3. The number of furan rings is 1. The standard InChI is InChI=1S/C19H21NO6/c1-11-5-6-14(7-12(11)2)18(22)20-9-16(21)25-10-15-8-13(3)17(26-15)19(23)24-4/h5-8H,9-10H2,1-4H3,(H,20,22). The minimum Gasteiger partial charge on any atom is -0.463 e. The highest BCUT2D eigenvalue weighted by Crippen LogP contribution is 2.16. The molecule has 0 bridgehead atoms. The second kappa shape index (κ2) is 8.33. The quantitative estimate of drug-likeness (QED) is 0.796. The van der Waals surface area contributed by atoms with Crippen LogP contribution in [0.2, 0.25) is 0 Å². The van der Waals surface area contributed by atoms with Crippen molar-refractivity contribution in [2.75, 3.05) is 13.7 Å². The van der Waals surface area contributed by atoms with Crippen LogP contribution in [0.5, 0.6) is 0 Å². The first-order valence-corrected chi connectivity index (χ1v) is 8.00. The van der Waals surface area contributed by atoms with Gasteiger partial charge in [-0.15, -0.1) is 0 Å². The normalized spacial score (nSPS) is 10.3. The molecule has 0 fully saturated rings. The van der Waals surface area contributed by atoms with E-state index < -0.39 is 11.9 Å². The monoisotopic (exact) mass is 359 g/mol. The first kappa shape index (κ1) is 19.2. The SMILES string of the molecule is COC(=O)c1oc(COC(=O)CNC(=O)c2ccc(C)c(C)c2)cc1C. The first-order valence-electron chi connectivity index (χ1n) is 8.00. The molecule has 1 aromatic carbocycles. The molecule has 0 aliphatic rings. The van der Waals surface area contributed by atoms with Crippen LogP contribution in [-0.2, 0) is 20.9 Å². The van der Waals surface area contributed by atoms with Gasteiger partial charge < -0.3 is 19.2 Å². The third-order valence-corrected chi connectivity index (χ3v) is 3.88. The number of nitrogens with one attached hydrogen (secondary N) is 1. The molecule has 0 aliphatic heterocycles. The molecule has 26 heavy (non-hydrogen) atoms. The molecule has 1 aromatic heterocycles. The zero-order chi connectivity index (χ0) is 19.3. The van der Waals surface area contributed by atoms with E-state index in [4.69, 9.17) is 9.15 Å². The van der Waals surface area contributed by atoms with Crippen molar-refractivity contribution < 1.29 is 28.3 Å². The van der Waals surface area contributed by atoms with E-state index in [1.54, 1.807) is 25.1 Å². The van der Waals surface area contributed by atoms with Gasteiger partial charge in [0.05, 0.1) is 7.11 Å². The molecule has 7 heteroatoms. The molecule has 0 atom stereocenters. The summed E-state index contributed by atoms with van der Waals surface area (Å²) in [5, 5.41) is 2.51. The van der Waals surface area contributed by atoms with Crippen LogP contribution in [0.3, 0.4) is 0 Å². The van der Waals surface area contributed by atoms with Crippen LogP contribution >= 0.6 is 0 Å². The lowest BCUT2D eigenvalue weighted by atomic mass is 10.1. The van der Waals surface area contributed by atoms with E-state index in [1.165, 1.54) is 7.11 Å². The third-order valence-electron chi connectivity index (χ3n) is 3.88. The molecule has 0 saturated heterocycles. The van der Waals surface area contributed by atoms with Crippen molar-refractivity contribution in [2.24, 2.45) is 0 Å². The van der Waals surface area contributed by atoms with Crippen molar-refractivity contribution in [1.82, 2.24) is 5.32 Å². The second-order valence-corrected chi connectivity index (χ2v) is 5.86. The average molecular weight is 359 g/mol. The molecule has 138 valence electrons. The Hall–Kier alpha value is -3.09. The lowest BCUT2D eigenvalue weighted by molar-refractivity contribution is -0.144. The molecule has 2 rings (SSSR count). The smallest absolute Gasteiger partial charge is 0.374 e. The van der Waals surface area contributed by atoms with Crippen LogP contribution < -0.4 is 5.32 Å². The van der Waals surface area contributed by atoms with Crippen molar-refractivity contribution >= 4 is 17.8 Å². The molecule has 1 N–H and O–H groups in total. The lowest BCUT2D eigenvalue weighted by Crippen LogP contribution is -2.30. The Morgan fingerprint density at radius 3 is 2.42 bits per heavy atom. The van der Waals surface area contributed by atoms with Crippen LogP contribution in [0.1, 0.15) is 43.4 Å². The average Bonchev–Trinajstić information content (AvgIpc) is 3.00. The number of methoxy groups -OCH3 is 1. The maximum Gasteiger partial charge on any atom is 0.374 e. The largest absolute Gasteiger partial charge is 0.463 e. The Morgan fingerprint density at radius 2 is 1.77 bits per heavy atom. The third kappa shape index (κ3) is 4.72. The van der Waals surface area contributed by atoms with E-state index in [1.807, 2.05) is 19.9 Å². The zero-order valence-electron chi connectivity index (χ0n) is 15.2. The summed E-state index contributed by atoms with van der Waals surface area (Å²) < 4.78 is 14.9. The molecule has 7 nitrogen and oxygen atoms in total.